The van der Waals surface area contributed by atoms with E-state index in [0.29, 0.717) is 0 Å². The molecule has 2 unspecified atom stereocenters. The average Bonchev–Trinajstić information content (AvgIpc) is 2.91. The van der Waals surface area contributed by atoms with Gasteiger partial charge in [-0.1, -0.05) is 30.3 Å². The molecular weight excluding hydrogens is 270 g/mol. The standard InChI is InChI=1S/C13H14ClNO4/c1-18-13(17)10-8-19-12(15(10)11(16)7-14)9-5-3-2-4-6-9/h2-6,10,12H,7-8H2,1H3. The molecule has 0 aromatic heterocycles. The van der Waals surface area contributed by atoms with Crippen molar-refractivity contribution in [1.29, 1.82) is 0 Å². The third-order valence-corrected chi connectivity index (χ3v) is 3.19. The van der Waals surface area contributed by atoms with E-state index in [-0.39, 0.29) is 18.4 Å². The van der Waals surface area contributed by atoms with E-state index in [1.54, 1.807) is 0 Å². The topological polar surface area (TPSA) is 55.8 Å². The quantitative estimate of drug-likeness (QED) is 0.620. The summed E-state index contributed by atoms with van der Waals surface area (Å²) in [6.07, 6.45) is -0.600. The molecule has 2 rings (SSSR count). The normalized spacial score (nSPS) is 22.3. The van der Waals surface area contributed by atoms with E-state index >= 15 is 0 Å². The second-order valence-corrected chi connectivity index (χ2v) is 4.34. The van der Waals surface area contributed by atoms with Crippen LogP contribution in [0, 0.1) is 0 Å². The lowest BCUT2D eigenvalue weighted by Gasteiger charge is -2.26. The van der Waals surface area contributed by atoms with Crippen LogP contribution in [0.15, 0.2) is 30.3 Å². The van der Waals surface area contributed by atoms with Crippen LogP contribution in [0.2, 0.25) is 0 Å². The van der Waals surface area contributed by atoms with Crippen molar-refractivity contribution >= 4 is 23.5 Å². The van der Waals surface area contributed by atoms with Crippen LogP contribution in [0.5, 0.6) is 0 Å². The predicted molar refractivity (Wildman–Crippen MR) is 68.5 cm³/mol. The van der Waals surface area contributed by atoms with Crippen LogP contribution >= 0.6 is 11.6 Å². The molecular formula is C13H14ClNO4. The number of esters is 1. The van der Waals surface area contributed by atoms with Crippen LogP contribution in [0.25, 0.3) is 0 Å². The largest absolute Gasteiger partial charge is 0.467 e. The van der Waals surface area contributed by atoms with Crippen molar-refractivity contribution in [3.63, 3.8) is 0 Å². The molecule has 1 aliphatic rings. The number of halogens is 1. The number of rotatable bonds is 3. The fourth-order valence-corrected chi connectivity index (χ4v) is 2.21. The number of alkyl halides is 1. The highest BCUT2D eigenvalue weighted by molar-refractivity contribution is 6.27. The van der Waals surface area contributed by atoms with Crippen LogP contribution in [0.3, 0.4) is 0 Å². The number of hydrogen-bond acceptors (Lipinski definition) is 4. The van der Waals surface area contributed by atoms with Gasteiger partial charge in [0.15, 0.2) is 12.3 Å². The fourth-order valence-electron chi connectivity index (χ4n) is 2.07. The number of carbonyl (C=O) groups is 2. The van der Waals surface area contributed by atoms with Gasteiger partial charge >= 0.3 is 5.97 Å². The van der Waals surface area contributed by atoms with E-state index in [2.05, 4.69) is 4.74 Å². The Hall–Kier alpha value is -1.59. The minimum atomic E-state index is -0.749. The van der Waals surface area contributed by atoms with Crippen LogP contribution in [-0.4, -0.2) is 42.4 Å². The molecule has 1 aromatic carbocycles. The summed E-state index contributed by atoms with van der Waals surface area (Å²) in [5, 5.41) is 0. The second kappa shape index (κ2) is 6.04. The molecule has 0 radical (unpaired) electrons. The van der Waals surface area contributed by atoms with Crippen LogP contribution in [0.1, 0.15) is 11.8 Å². The van der Waals surface area contributed by atoms with E-state index in [0.717, 1.165) is 5.56 Å². The maximum absolute atomic E-state index is 11.9. The van der Waals surface area contributed by atoms with E-state index < -0.39 is 18.2 Å². The van der Waals surface area contributed by atoms with Gasteiger partial charge in [0.25, 0.3) is 0 Å². The van der Waals surface area contributed by atoms with Crippen LogP contribution in [0.4, 0.5) is 0 Å². The Kier molecular flexibility index (Phi) is 4.39. The lowest BCUT2D eigenvalue weighted by molar-refractivity contribution is -0.151. The molecule has 1 saturated heterocycles. The van der Waals surface area contributed by atoms with E-state index in [1.807, 2.05) is 30.3 Å². The minimum Gasteiger partial charge on any atom is -0.467 e. The second-order valence-electron chi connectivity index (χ2n) is 4.07. The summed E-state index contributed by atoms with van der Waals surface area (Å²) in [5.74, 6) is -1.07. The highest BCUT2D eigenvalue weighted by Crippen LogP contribution is 2.31. The van der Waals surface area contributed by atoms with Crippen molar-refractivity contribution < 1.29 is 19.1 Å². The van der Waals surface area contributed by atoms with Crippen LogP contribution in [-0.2, 0) is 19.1 Å². The van der Waals surface area contributed by atoms with Gasteiger partial charge in [0.2, 0.25) is 5.91 Å². The lowest BCUT2D eigenvalue weighted by atomic mass is 10.1. The molecule has 5 nitrogen and oxygen atoms in total. The summed E-state index contributed by atoms with van der Waals surface area (Å²) >= 11 is 5.60. The molecule has 1 fully saturated rings. The summed E-state index contributed by atoms with van der Waals surface area (Å²) in [6.45, 7) is 0.106. The van der Waals surface area contributed by atoms with Crippen LogP contribution < -0.4 is 0 Å². The molecule has 0 saturated carbocycles. The molecule has 6 heteroatoms. The number of benzene rings is 1. The summed E-state index contributed by atoms with van der Waals surface area (Å²) in [5.41, 5.74) is 0.798. The monoisotopic (exact) mass is 283 g/mol. The molecule has 0 N–H and O–H groups in total. The first-order valence-electron chi connectivity index (χ1n) is 5.80. The molecule has 1 heterocycles. The third kappa shape index (κ3) is 2.72. The van der Waals surface area contributed by atoms with Gasteiger partial charge in [0, 0.05) is 5.56 Å². The van der Waals surface area contributed by atoms with Gasteiger partial charge < -0.3 is 9.47 Å². The molecule has 102 valence electrons. The first kappa shape index (κ1) is 13.8. The molecule has 0 aliphatic carbocycles. The predicted octanol–water partition coefficient (Wildman–Crippen LogP) is 1.32. The van der Waals surface area contributed by atoms with Crippen molar-refractivity contribution in [2.24, 2.45) is 0 Å². The maximum atomic E-state index is 11.9. The van der Waals surface area contributed by atoms with Gasteiger partial charge in [-0.05, 0) is 0 Å². The Labute approximate surface area is 116 Å². The molecule has 1 aliphatic heterocycles. The van der Waals surface area contributed by atoms with E-state index in [9.17, 15) is 9.59 Å². The summed E-state index contributed by atoms with van der Waals surface area (Å²) in [7, 11) is 1.28. The van der Waals surface area contributed by atoms with Gasteiger partial charge in [0.05, 0.1) is 13.7 Å². The number of nitrogens with zero attached hydrogens (tertiary/aromatic N) is 1. The first-order chi connectivity index (χ1) is 9.19. The SMILES string of the molecule is COC(=O)C1COC(c2ccccc2)N1C(=O)CCl. The van der Waals surface area contributed by atoms with Crippen molar-refractivity contribution in [3.8, 4) is 0 Å². The molecule has 2 atom stereocenters. The number of amides is 1. The Balaban J connectivity index is 2.29. The zero-order valence-corrected chi connectivity index (χ0v) is 11.2. The number of hydrogen-bond donors (Lipinski definition) is 0. The molecule has 1 amide bonds. The van der Waals surface area contributed by atoms with Gasteiger partial charge in [0.1, 0.15) is 5.88 Å². The van der Waals surface area contributed by atoms with Crippen molar-refractivity contribution in [1.82, 2.24) is 4.90 Å². The Morgan fingerprint density at radius 3 is 2.68 bits per heavy atom. The Morgan fingerprint density at radius 1 is 1.42 bits per heavy atom. The molecule has 0 spiro atoms. The van der Waals surface area contributed by atoms with E-state index in [1.165, 1.54) is 12.0 Å². The van der Waals surface area contributed by atoms with Gasteiger partial charge in [-0.15, -0.1) is 11.6 Å². The summed E-state index contributed by atoms with van der Waals surface area (Å²) < 4.78 is 10.2. The Bertz CT molecular complexity index is 465. The van der Waals surface area contributed by atoms with Crippen molar-refractivity contribution in [2.75, 3.05) is 19.6 Å². The number of ether oxygens (including phenoxy) is 2. The van der Waals surface area contributed by atoms with E-state index in [4.69, 9.17) is 16.3 Å². The highest BCUT2D eigenvalue weighted by Gasteiger charge is 2.42. The number of methoxy groups -OCH3 is 1. The maximum Gasteiger partial charge on any atom is 0.331 e. The first-order valence-corrected chi connectivity index (χ1v) is 6.34. The Morgan fingerprint density at radius 2 is 2.11 bits per heavy atom. The molecule has 0 bridgehead atoms. The molecule has 1 aromatic rings. The summed E-state index contributed by atoms with van der Waals surface area (Å²) in [6, 6.07) is 8.46. The fraction of sp³-hybridized carbons (Fsp3) is 0.385. The zero-order valence-electron chi connectivity index (χ0n) is 10.4. The number of carbonyl (C=O) groups excluding carboxylic acids is 2. The van der Waals surface area contributed by atoms with Gasteiger partial charge in [-0.3, -0.25) is 9.69 Å². The third-order valence-electron chi connectivity index (χ3n) is 2.96. The van der Waals surface area contributed by atoms with Gasteiger partial charge in [-0.25, -0.2) is 4.79 Å². The van der Waals surface area contributed by atoms with Crippen molar-refractivity contribution in [2.45, 2.75) is 12.3 Å². The minimum absolute atomic E-state index is 0.106. The highest BCUT2D eigenvalue weighted by atomic mass is 35.5. The zero-order chi connectivity index (χ0) is 13.8. The molecule has 19 heavy (non-hydrogen) atoms. The van der Waals surface area contributed by atoms with Gasteiger partial charge in [-0.2, -0.15) is 0 Å². The lowest BCUT2D eigenvalue weighted by Crippen LogP contribution is -2.44. The average molecular weight is 284 g/mol. The summed E-state index contributed by atoms with van der Waals surface area (Å²) in [4.78, 5) is 25.0. The smallest absolute Gasteiger partial charge is 0.331 e. The van der Waals surface area contributed by atoms with Crippen molar-refractivity contribution in [3.05, 3.63) is 35.9 Å².